The normalized spacial score (nSPS) is 21.6. The summed E-state index contributed by atoms with van der Waals surface area (Å²) in [7, 11) is 0. The molecule has 11 nitrogen and oxygen atoms in total. The molecule has 11 heteroatoms. The lowest BCUT2D eigenvalue weighted by Gasteiger charge is -2.17. The summed E-state index contributed by atoms with van der Waals surface area (Å²) in [6.07, 6.45) is 4.55. The quantitative estimate of drug-likeness (QED) is 0.133. The summed E-state index contributed by atoms with van der Waals surface area (Å²) in [4.78, 5) is 30.9. The summed E-state index contributed by atoms with van der Waals surface area (Å²) in [5.74, 6) is -0.111. The van der Waals surface area contributed by atoms with Crippen LogP contribution in [0.15, 0.2) is 97.3 Å². The molecule has 2 saturated carbocycles. The van der Waals surface area contributed by atoms with E-state index in [2.05, 4.69) is 15.3 Å². The molecule has 0 radical (unpaired) electrons. The highest BCUT2D eigenvalue weighted by atomic mass is 16.5. The second-order valence-corrected chi connectivity index (χ2v) is 11.6. The van der Waals surface area contributed by atoms with Gasteiger partial charge in [0, 0.05) is 30.4 Å². The van der Waals surface area contributed by atoms with Gasteiger partial charge in [0.25, 0.3) is 0 Å². The Hall–Kier alpha value is -4.84. The van der Waals surface area contributed by atoms with Crippen LogP contribution in [0.3, 0.4) is 0 Å². The van der Waals surface area contributed by atoms with Crippen LogP contribution in [0.2, 0.25) is 0 Å². The van der Waals surface area contributed by atoms with E-state index in [9.17, 15) is 14.7 Å². The number of nitrogens with one attached hydrogen (secondary N) is 1. The third kappa shape index (κ3) is 11.1. The molecule has 2 aliphatic rings. The van der Waals surface area contributed by atoms with Gasteiger partial charge >= 0.3 is 5.97 Å². The number of rotatable bonds is 13. The average molecular weight is 675 g/mol. The van der Waals surface area contributed by atoms with E-state index < -0.39 is 31.2 Å². The van der Waals surface area contributed by atoms with Crippen molar-refractivity contribution in [3.05, 3.63) is 120 Å². The molecule has 6 N–H and O–H groups in total. The fourth-order valence-corrected chi connectivity index (χ4v) is 5.25. The van der Waals surface area contributed by atoms with Crippen molar-refractivity contribution in [3.8, 4) is 11.8 Å². The van der Waals surface area contributed by atoms with Crippen molar-refractivity contribution in [2.45, 2.75) is 50.6 Å². The van der Waals surface area contributed by atoms with E-state index in [1.165, 1.54) is 38.4 Å². The van der Waals surface area contributed by atoms with Crippen molar-refractivity contribution in [2.24, 2.45) is 17.6 Å². The molecule has 0 saturated heterocycles. The number of pyridine rings is 2. The topological polar surface area (TPSA) is 177 Å². The molecule has 2 aromatic heterocycles. The Morgan fingerprint density at radius 1 is 0.796 bits per heavy atom. The van der Waals surface area contributed by atoms with Crippen molar-refractivity contribution < 1.29 is 39.9 Å². The number of hydrogen-bond donors (Lipinski definition) is 5. The van der Waals surface area contributed by atoms with E-state index in [-0.39, 0.29) is 54.6 Å². The smallest absolute Gasteiger partial charge is 0.307 e. The Morgan fingerprint density at radius 2 is 1.29 bits per heavy atom. The molecule has 6 atom stereocenters. The average Bonchev–Trinajstić information content (AvgIpc) is 4.06. The zero-order chi connectivity index (χ0) is 38.8. The van der Waals surface area contributed by atoms with E-state index >= 15 is 0 Å². The summed E-state index contributed by atoms with van der Waals surface area (Å²) in [6.45, 7) is -1.40. The number of carboxylic acid groups (broad SMARTS) is 1. The molecule has 0 spiro atoms. The number of nitrogens with two attached hydrogens (primary N) is 1. The summed E-state index contributed by atoms with van der Waals surface area (Å²) >= 11 is 0. The monoisotopic (exact) mass is 674 g/mol. The maximum absolute atomic E-state index is 12.5. The van der Waals surface area contributed by atoms with E-state index in [1.807, 2.05) is 60.7 Å². The van der Waals surface area contributed by atoms with Crippen molar-refractivity contribution >= 4 is 11.9 Å². The standard InChI is InChI=1S/C19H22N2O3.C10H10O2.C9H14N2O2/c1-2-24-18-9-8-14(11-20-18)17(12-22)21-19(23)16-10-15(16)13-6-4-3-5-7-13;11-10(12)9-6-8(9)7-4-2-1-3-5-7;1-2-13-9-4-3-7(5-11-9)8(10)6-12/h3-9,11,15-17,22H,2,10,12H2,1H3,(H,21,23);1-5,8-9H,6H2,(H,11,12);3-5,8,12H,2,6,10H2,1H3/t15-,16+,17+;8-,9+;8-/m110/s1/i2D2;;2D2. The number of aliphatic hydroxyl groups is 2. The van der Waals surface area contributed by atoms with Gasteiger partial charge in [-0.2, -0.15) is 0 Å². The third-order valence-electron chi connectivity index (χ3n) is 8.15. The number of ether oxygens (including phenoxy) is 2. The summed E-state index contributed by atoms with van der Waals surface area (Å²) in [5.41, 5.74) is 9.20. The highest BCUT2D eigenvalue weighted by Crippen LogP contribution is 2.48. The van der Waals surface area contributed by atoms with Gasteiger partial charge in [0.2, 0.25) is 17.7 Å². The van der Waals surface area contributed by atoms with Crippen molar-refractivity contribution in [3.63, 3.8) is 0 Å². The SMILES string of the molecule is O=C(O)[C@H]1C[C@@H]1c1ccccc1.[2H]C([2H])(C)Oc1ccc([C@@H](N)CO)cn1.[2H]C([2H])(C)Oc1ccc([C@H](CO)NC(=O)[C@H]2C[C@@H]2c2ccccc2)cn1. The van der Waals surface area contributed by atoms with Crippen LogP contribution < -0.4 is 20.5 Å². The van der Waals surface area contributed by atoms with E-state index in [0.29, 0.717) is 11.1 Å². The lowest BCUT2D eigenvalue weighted by Crippen LogP contribution is -2.32. The molecular weight excluding hydrogens is 624 g/mol. The van der Waals surface area contributed by atoms with E-state index in [4.69, 9.17) is 30.9 Å². The first-order chi connectivity index (χ1) is 25.1. The van der Waals surface area contributed by atoms with Gasteiger partial charge in [0.15, 0.2) is 0 Å². The van der Waals surface area contributed by atoms with Gasteiger partial charge < -0.3 is 35.8 Å². The van der Waals surface area contributed by atoms with Crippen molar-refractivity contribution in [1.82, 2.24) is 15.3 Å². The maximum Gasteiger partial charge on any atom is 0.307 e. The predicted octanol–water partition coefficient (Wildman–Crippen LogP) is 4.78. The minimum absolute atomic E-state index is 0.0747. The minimum Gasteiger partial charge on any atom is -0.481 e. The van der Waals surface area contributed by atoms with Crippen LogP contribution in [-0.4, -0.2) is 63.5 Å². The zero-order valence-corrected chi connectivity index (χ0v) is 27.5. The number of aliphatic carboxylic acids is 1. The number of hydrogen-bond acceptors (Lipinski definition) is 9. The molecule has 2 aromatic carbocycles. The Morgan fingerprint density at radius 3 is 1.69 bits per heavy atom. The van der Waals surface area contributed by atoms with Gasteiger partial charge in [0.05, 0.1) is 49.8 Å². The van der Waals surface area contributed by atoms with Crippen molar-refractivity contribution in [1.29, 1.82) is 0 Å². The molecule has 260 valence electrons. The second-order valence-electron chi connectivity index (χ2n) is 11.6. The first-order valence-electron chi connectivity index (χ1n) is 18.0. The molecule has 6 rings (SSSR count). The first kappa shape index (κ1) is 31.4. The number of carboxylic acids is 1. The highest BCUT2D eigenvalue weighted by molar-refractivity contribution is 5.83. The molecule has 1 amide bonds. The molecule has 2 fully saturated rings. The Balaban J connectivity index is 0.000000196. The van der Waals surface area contributed by atoms with Gasteiger partial charge in [-0.05, 0) is 66.8 Å². The van der Waals surface area contributed by atoms with Crippen LogP contribution in [0.4, 0.5) is 0 Å². The number of aliphatic hydroxyl groups excluding tert-OH is 2. The lowest BCUT2D eigenvalue weighted by atomic mass is 10.1. The van der Waals surface area contributed by atoms with Crippen LogP contribution in [0.1, 0.15) is 78.3 Å². The number of nitrogens with zero attached hydrogens (tertiary/aromatic N) is 2. The molecule has 2 heterocycles. The van der Waals surface area contributed by atoms with Crippen molar-refractivity contribution in [2.75, 3.05) is 26.3 Å². The molecule has 0 aliphatic heterocycles. The maximum atomic E-state index is 12.5. The second kappa shape index (κ2) is 18.6. The van der Waals surface area contributed by atoms with Crippen LogP contribution in [0.5, 0.6) is 11.8 Å². The van der Waals surface area contributed by atoms with Gasteiger partial charge in [0.1, 0.15) is 0 Å². The van der Waals surface area contributed by atoms with Gasteiger partial charge in [-0.1, -0.05) is 66.7 Å². The molecule has 2 aliphatic carbocycles. The Kier molecular flexibility index (Phi) is 12.0. The van der Waals surface area contributed by atoms with Crippen LogP contribution in [0, 0.1) is 11.8 Å². The van der Waals surface area contributed by atoms with E-state index in [0.717, 1.165) is 24.0 Å². The minimum atomic E-state index is -1.82. The zero-order valence-electron chi connectivity index (χ0n) is 31.5. The summed E-state index contributed by atoms with van der Waals surface area (Å²) < 4.78 is 39.1. The Bertz CT molecular complexity index is 1740. The fourth-order valence-electron chi connectivity index (χ4n) is 5.25. The number of carbonyl (C=O) groups excluding carboxylic acids is 1. The summed E-state index contributed by atoms with van der Waals surface area (Å²) in [5, 5.41) is 30.0. The van der Waals surface area contributed by atoms with E-state index in [1.54, 1.807) is 12.1 Å². The molecule has 0 bridgehead atoms. The fraction of sp³-hybridized carbons (Fsp3) is 0.368. The van der Waals surface area contributed by atoms with Crippen LogP contribution in [0.25, 0.3) is 0 Å². The van der Waals surface area contributed by atoms with Gasteiger partial charge in [-0.25, -0.2) is 9.97 Å². The first-order valence-corrected chi connectivity index (χ1v) is 16.0. The highest BCUT2D eigenvalue weighted by Gasteiger charge is 2.44. The lowest BCUT2D eigenvalue weighted by molar-refractivity contribution is -0.138. The molecule has 0 unspecified atom stereocenters. The molecular formula is C38H46N4O7. The number of benzene rings is 2. The Labute approximate surface area is 292 Å². The number of aromatic nitrogens is 2. The van der Waals surface area contributed by atoms with Gasteiger partial charge in [-0.15, -0.1) is 0 Å². The van der Waals surface area contributed by atoms with Crippen LogP contribution in [-0.2, 0) is 9.59 Å². The number of carbonyl (C=O) groups is 2. The van der Waals surface area contributed by atoms with Crippen LogP contribution >= 0.6 is 0 Å². The third-order valence-corrected chi connectivity index (χ3v) is 8.15. The van der Waals surface area contributed by atoms with Gasteiger partial charge in [-0.3, -0.25) is 9.59 Å². The largest absolute Gasteiger partial charge is 0.481 e. The summed E-state index contributed by atoms with van der Waals surface area (Å²) in [6, 6.07) is 25.1. The predicted molar refractivity (Wildman–Crippen MR) is 185 cm³/mol. The molecule has 49 heavy (non-hydrogen) atoms. The number of amides is 1. The molecule has 4 aromatic rings.